The van der Waals surface area contributed by atoms with Crippen molar-refractivity contribution in [2.24, 2.45) is 0 Å². The van der Waals surface area contributed by atoms with E-state index in [1.165, 1.54) is 22.3 Å². The number of allylic oxidation sites excluding steroid dienone is 3. The third-order valence-electron chi connectivity index (χ3n) is 7.90. The van der Waals surface area contributed by atoms with Crippen LogP contribution in [0.1, 0.15) is 27.9 Å². The van der Waals surface area contributed by atoms with Gasteiger partial charge in [-0.3, -0.25) is 19.8 Å². The molecule has 1 aromatic carbocycles. The number of anilines is 1. The van der Waals surface area contributed by atoms with Crippen LogP contribution >= 0.6 is 0 Å². The van der Waals surface area contributed by atoms with Crippen LogP contribution in [0, 0.1) is 0 Å². The lowest BCUT2D eigenvalue weighted by atomic mass is 9.98. The summed E-state index contributed by atoms with van der Waals surface area (Å²) in [6, 6.07) is 8.49. The molecule has 2 aromatic rings. The Kier molecular flexibility index (Phi) is 9.42. The quantitative estimate of drug-likeness (QED) is 0.283. The van der Waals surface area contributed by atoms with Gasteiger partial charge in [-0.15, -0.1) is 0 Å². The Labute approximate surface area is 240 Å². The van der Waals surface area contributed by atoms with Crippen molar-refractivity contribution in [3.05, 3.63) is 71.6 Å². The number of hydroxylamine groups is 1. The SMILES string of the molecule is O=C(NO)c1cnc(N2CCN(S(=O)(=O)C3C=CC(c4ccc(CN5CCN(CCO)CC5)cc4)=CC3)CC2)nc1. The average Bonchev–Trinajstić information content (AvgIpc) is 3.02. The molecular formula is C28H37N7O5S. The summed E-state index contributed by atoms with van der Waals surface area (Å²) in [7, 11) is -3.52. The first-order chi connectivity index (χ1) is 19.9. The van der Waals surface area contributed by atoms with Crippen LogP contribution in [0.3, 0.4) is 0 Å². The molecule has 220 valence electrons. The highest BCUT2D eigenvalue weighted by Crippen LogP contribution is 2.27. The number of aromatic nitrogens is 2. The molecule has 0 spiro atoms. The fourth-order valence-electron chi connectivity index (χ4n) is 5.41. The van der Waals surface area contributed by atoms with Crippen LogP contribution in [-0.4, -0.2) is 119 Å². The highest BCUT2D eigenvalue weighted by Gasteiger charge is 2.34. The number of aliphatic hydroxyl groups is 1. The fourth-order valence-corrected chi connectivity index (χ4v) is 7.08. The largest absolute Gasteiger partial charge is 0.395 e. The van der Waals surface area contributed by atoms with E-state index in [0.717, 1.165) is 50.4 Å². The van der Waals surface area contributed by atoms with Crippen molar-refractivity contribution < 1.29 is 23.5 Å². The van der Waals surface area contributed by atoms with E-state index in [1.807, 2.05) is 17.1 Å². The number of aliphatic hydroxyl groups excluding tert-OH is 1. The van der Waals surface area contributed by atoms with Gasteiger partial charge in [-0.2, -0.15) is 4.31 Å². The second kappa shape index (κ2) is 13.2. The average molecular weight is 584 g/mol. The number of nitrogens with zero attached hydrogens (tertiary/aromatic N) is 6. The summed E-state index contributed by atoms with van der Waals surface area (Å²) < 4.78 is 28.3. The van der Waals surface area contributed by atoms with Gasteiger partial charge in [0.25, 0.3) is 5.91 Å². The fraction of sp³-hybridized carbons (Fsp3) is 0.464. The molecule has 2 fully saturated rings. The maximum Gasteiger partial charge on any atom is 0.277 e. The minimum atomic E-state index is -3.52. The lowest BCUT2D eigenvalue weighted by molar-refractivity contribution is 0.0705. The number of benzene rings is 1. The number of piperazine rings is 2. The van der Waals surface area contributed by atoms with Crippen LogP contribution < -0.4 is 10.4 Å². The van der Waals surface area contributed by atoms with E-state index in [9.17, 15) is 13.2 Å². The van der Waals surface area contributed by atoms with Gasteiger partial charge in [0.15, 0.2) is 0 Å². The Morgan fingerprint density at radius 2 is 1.61 bits per heavy atom. The standard InChI is InChI=1S/C28H37N7O5S/c36-18-17-32-9-11-33(12-10-32)21-22-1-3-23(4-2-22)24-5-7-26(8-6-24)41(39,40)35-15-13-34(14-16-35)28-29-19-25(20-30-28)27(37)31-38/h1-7,19-20,26,36,38H,8-18,21H2,(H,31,37). The molecule has 3 heterocycles. The number of hydrogen-bond acceptors (Lipinski definition) is 10. The summed E-state index contributed by atoms with van der Waals surface area (Å²) >= 11 is 0. The molecule has 1 atom stereocenters. The Morgan fingerprint density at radius 3 is 2.20 bits per heavy atom. The van der Waals surface area contributed by atoms with Crippen LogP contribution in [-0.2, 0) is 16.6 Å². The molecule has 5 rings (SSSR count). The van der Waals surface area contributed by atoms with Crippen molar-refractivity contribution in [2.75, 3.05) is 70.4 Å². The summed E-state index contributed by atoms with van der Waals surface area (Å²) in [5.41, 5.74) is 5.03. The number of β-amino-alcohol motifs (C(OH)–C–C–N with tert-alkyl or cyclic N) is 1. The zero-order valence-corrected chi connectivity index (χ0v) is 23.8. The van der Waals surface area contributed by atoms with Crippen LogP contribution in [0.2, 0.25) is 0 Å². The third kappa shape index (κ3) is 7.00. The molecule has 13 heteroatoms. The Balaban J connectivity index is 1.11. The molecule has 2 saturated heterocycles. The maximum atomic E-state index is 13.4. The summed E-state index contributed by atoms with van der Waals surface area (Å²) in [6.45, 7) is 7.31. The van der Waals surface area contributed by atoms with E-state index in [0.29, 0.717) is 38.5 Å². The van der Waals surface area contributed by atoms with Crippen molar-refractivity contribution in [1.29, 1.82) is 0 Å². The summed E-state index contributed by atoms with van der Waals surface area (Å²) in [5.74, 6) is -0.281. The number of sulfonamides is 1. The smallest absolute Gasteiger partial charge is 0.277 e. The van der Waals surface area contributed by atoms with E-state index in [4.69, 9.17) is 10.3 Å². The predicted molar refractivity (Wildman–Crippen MR) is 155 cm³/mol. The van der Waals surface area contributed by atoms with Gasteiger partial charge in [-0.1, -0.05) is 42.5 Å². The molecule has 0 radical (unpaired) electrons. The highest BCUT2D eigenvalue weighted by atomic mass is 32.2. The summed E-state index contributed by atoms with van der Waals surface area (Å²) in [5, 5.41) is 17.2. The van der Waals surface area contributed by atoms with Crippen molar-refractivity contribution in [1.82, 2.24) is 29.6 Å². The molecule has 0 bridgehead atoms. The van der Waals surface area contributed by atoms with Crippen LogP contribution in [0.4, 0.5) is 5.95 Å². The maximum absolute atomic E-state index is 13.4. The van der Waals surface area contributed by atoms with E-state index in [2.05, 4.69) is 44.0 Å². The van der Waals surface area contributed by atoms with Crippen LogP contribution in [0.15, 0.2) is 54.9 Å². The second-order valence-corrected chi connectivity index (χ2v) is 12.6. The number of nitrogens with one attached hydrogen (secondary N) is 1. The first kappa shape index (κ1) is 29.3. The summed E-state index contributed by atoms with van der Waals surface area (Å²) in [4.78, 5) is 26.4. The number of amides is 1. The van der Waals surface area contributed by atoms with Gasteiger partial charge in [0.1, 0.15) is 0 Å². The zero-order valence-electron chi connectivity index (χ0n) is 23.0. The normalized spacial score (nSPS) is 21.1. The number of carbonyl (C=O) groups is 1. The first-order valence-corrected chi connectivity index (χ1v) is 15.4. The predicted octanol–water partition coefficient (Wildman–Crippen LogP) is 0.569. The van der Waals surface area contributed by atoms with E-state index < -0.39 is 21.2 Å². The van der Waals surface area contributed by atoms with Crippen molar-refractivity contribution in [2.45, 2.75) is 18.2 Å². The highest BCUT2D eigenvalue weighted by molar-refractivity contribution is 7.89. The molecule has 1 amide bonds. The Hall–Kier alpha value is -3.20. The van der Waals surface area contributed by atoms with Gasteiger partial charge in [0.2, 0.25) is 16.0 Å². The monoisotopic (exact) mass is 583 g/mol. The van der Waals surface area contributed by atoms with Gasteiger partial charge in [-0.25, -0.2) is 23.9 Å². The molecule has 41 heavy (non-hydrogen) atoms. The van der Waals surface area contributed by atoms with Gasteiger partial charge < -0.3 is 10.0 Å². The number of rotatable bonds is 9. The van der Waals surface area contributed by atoms with Gasteiger partial charge in [-0.05, 0) is 23.1 Å². The molecule has 1 unspecified atom stereocenters. The molecular weight excluding hydrogens is 546 g/mol. The molecule has 12 nitrogen and oxygen atoms in total. The van der Waals surface area contributed by atoms with Gasteiger partial charge in [0, 0.05) is 77.8 Å². The molecule has 3 aliphatic rings. The van der Waals surface area contributed by atoms with Gasteiger partial charge in [0.05, 0.1) is 17.4 Å². The van der Waals surface area contributed by atoms with Gasteiger partial charge >= 0.3 is 0 Å². The van der Waals surface area contributed by atoms with Crippen LogP contribution in [0.5, 0.6) is 0 Å². The van der Waals surface area contributed by atoms with Crippen molar-refractivity contribution >= 4 is 27.5 Å². The van der Waals surface area contributed by atoms with Crippen molar-refractivity contribution in [3.8, 4) is 0 Å². The first-order valence-electron chi connectivity index (χ1n) is 13.9. The Bertz CT molecular complexity index is 1350. The lowest BCUT2D eigenvalue weighted by Gasteiger charge is -2.35. The molecule has 3 N–H and O–H groups in total. The topological polar surface area (TPSA) is 142 Å². The minimum absolute atomic E-state index is 0.134. The molecule has 0 saturated carbocycles. The second-order valence-electron chi connectivity index (χ2n) is 10.5. The Morgan fingerprint density at radius 1 is 0.951 bits per heavy atom. The molecule has 1 aromatic heterocycles. The van der Waals surface area contributed by atoms with E-state index >= 15 is 0 Å². The van der Waals surface area contributed by atoms with Crippen LogP contribution in [0.25, 0.3) is 5.57 Å². The lowest BCUT2D eigenvalue weighted by Crippen LogP contribution is -2.51. The molecule has 2 aliphatic heterocycles. The molecule has 1 aliphatic carbocycles. The third-order valence-corrected chi connectivity index (χ3v) is 10.1. The summed E-state index contributed by atoms with van der Waals surface area (Å²) in [6.07, 6.45) is 8.78. The van der Waals surface area contributed by atoms with E-state index in [1.54, 1.807) is 11.6 Å². The van der Waals surface area contributed by atoms with E-state index in [-0.39, 0.29) is 12.2 Å². The zero-order chi connectivity index (χ0) is 28.8. The minimum Gasteiger partial charge on any atom is -0.395 e. The number of carbonyl (C=O) groups excluding carboxylic acids is 1. The van der Waals surface area contributed by atoms with Crippen molar-refractivity contribution in [3.63, 3.8) is 0 Å². The number of hydrogen-bond donors (Lipinski definition) is 3.